The predicted octanol–water partition coefficient (Wildman–Crippen LogP) is 0.900. The van der Waals surface area contributed by atoms with E-state index in [0.29, 0.717) is 30.3 Å². The normalized spacial score (nSPS) is 17.0. The second kappa shape index (κ2) is 8.11. The number of hydrogen-bond donors (Lipinski definition) is 1. The maximum absolute atomic E-state index is 12.1. The SMILES string of the molecule is Cn1cnnc1SCCNC(=O)c1ccc(OC2CCOC2)nc1. The summed E-state index contributed by atoms with van der Waals surface area (Å²) in [5.74, 6) is 1.07. The first-order valence-corrected chi connectivity index (χ1v) is 8.66. The molecule has 1 atom stereocenters. The monoisotopic (exact) mass is 349 g/mol. The Balaban J connectivity index is 1.42. The van der Waals surface area contributed by atoms with E-state index in [1.54, 1.807) is 18.5 Å². The Labute approximate surface area is 144 Å². The molecule has 0 spiro atoms. The van der Waals surface area contributed by atoms with Crippen LogP contribution < -0.4 is 10.1 Å². The van der Waals surface area contributed by atoms with Gasteiger partial charge in [-0.05, 0) is 6.07 Å². The van der Waals surface area contributed by atoms with Gasteiger partial charge in [-0.2, -0.15) is 0 Å². The molecule has 0 aromatic carbocycles. The minimum Gasteiger partial charge on any atom is -0.472 e. The second-order valence-corrected chi connectivity index (χ2v) is 6.38. The van der Waals surface area contributed by atoms with Crippen molar-refractivity contribution in [2.24, 2.45) is 7.05 Å². The Hall–Kier alpha value is -2.13. The molecule has 1 saturated heterocycles. The fourth-order valence-electron chi connectivity index (χ4n) is 2.17. The Bertz CT molecular complexity index is 670. The predicted molar refractivity (Wildman–Crippen MR) is 88.1 cm³/mol. The highest BCUT2D eigenvalue weighted by atomic mass is 32.2. The zero-order chi connectivity index (χ0) is 16.8. The van der Waals surface area contributed by atoms with Crippen LogP contribution in [0.4, 0.5) is 0 Å². The van der Waals surface area contributed by atoms with Crippen molar-refractivity contribution in [2.75, 3.05) is 25.5 Å². The van der Waals surface area contributed by atoms with Gasteiger partial charge in [0.15, 0.2) is 5.16 Å². The summed E-state index contributed by atoms with van der Waals surface area (Å²) in [6.45, 7) is 1.85. The lowest BCUT2D eigenvalue weighted by molar-refractivity contribution is 0.0955. The highest BCUT2D eigenvalue weighted by Gasteiger charge is 2.17. The molecule has 24 heavy (non-hydrogen) atoms. The van der Waals surface area contributed by atoms with Gasteiger partial charge in [-0.15, -0.1) is 10.2 Å². The molecule has 0 bridgehead atoms. The van der Waals surface area contributed by atoms with Gasteiger partial charge in [-0.25, -0.2) is 4.98 Å². The lowest BCUT2D eigenvalue weighted by atomic mass is 10.2. The molecule has 1 aliphatic heterocycles. The molecule has 2 aromatic rings. The first-order valence-electron chi connectivity index (χ1n) is 7.68. The van der Waals surface area contributed by atoms with Crippen molar-refractivity contribution < 1.29 is 14.3 Å². The topological polar surface area (TPSA) is 91.2 Å². The Morgan fingerprint density at radius 3 is 3.12 bits per heavy atom. The number of pyridine rings is 1. The van der Waals surface area contributed by atoms with E-state index in [1.165, 1.54) is 18.0 Å². The van der Waals surface area contributed by atoms with Gasteiger partial charge in [0, 0.05) is 38.0 Å². The van der Waals surface area contributed by atoms with E-state index < -0.39 is 0 Å². The van der Waals surface area contributed by atoms with Crippen LogP contribution in [0.15, 0.2) is 29.8 Å². The molecule has 2 aromatic heterocycles. The van der Waals surface area contributed by atoms with Crippen LogP contribution in [-0.2, 0) is 11.8 Å². The molecule has 128 valence electrons. The number of ether oxygens (including phenoxy) is 2. The maximum atomic E-state index is 12.1. The highest BCUT2D eigenvalue weighted by Crippen LogP contribution is 2.15. The third-order valence-corrected chi connectivity index (χ3v) is 4.50. The summed E-state index contributed by atoms with van der Waals surface area (Å²) in [5, 5.41) is 11.5. The van der Waals surface area contributed by atoms with Crippen LogP contribution >= 0.6 is 11.8 Å². The molecule has 3 rings (SSSR count). The summed E-state index contributed by atoms with van der Waals surface area (Å²) < 4.78 is 12.8. The van der Waals surface area contributed by atoms with E-state index in [2.05, 4.69) is 20.5 Å². The van der Waals surface area contributed by atoms with Gasteiger partial charge in [0.05, 0.1) is 18.8 Å². The van der Waals surface area contributed by atoms with Crippen LogP contribution in [0.1, 0.15) is 16.8 Å². The van der Waals surface area contributed by atoms with E-state index in [4.69, 9.17) is 9.47 Å². The van der Waals surface area contributed by atoms with Gasteiger partial charge in [-0.3, -0.25) is 4.79 Å². The molecule has 1 fully saturated rings. The van der Waals surface area contributed by atoms with Gasteiger partial charge >= 0.3 is 0 Å². The average molecular weight is 349 g/mol. The van der Waals surface area contributed by atoms with Crippen LogP contribution in [0, 0.1) is 0 Å². The molecular weight excluding hydrogens is 330 g/mol. The molecule has 1 amide bonds. The number of rotatable bonds is 7. The minimum absolute atomic E-state index is 0.0508. The summed E-state index contributed by atoms with van der Waals surface area (Å²) >= 11 is 1.54. The summed E-state index contributed by atoms with van der Waals surface area (Å²) in [6, 6.07) is 3.42. The Kier molecular flexibility index (Phi) is 5.65. The van der Waals surface area contributed by atoms with Crippen molar-refractivity contribution in [3.8, 4) is 5.88 Å². The lowest BCUT2D eigenvalue weighted by Crippen LogP contribution is -2.26. The number of nitrogens with one attached hydrogen (secondary N) is 1. The van der Waals surface area contributed by atoms with Gasteiger partial charge in [0.25, 0.3) is 5.91 Å². The van der Waals surface area contributed by atoms with Crippen molar-refractivity contribution in [3.63, 3.8) is 0 Å². The van der Waals surface area contributed by atoms with Crippen LogP contribution in [0.2, 0.25) is 0 Å². The fourth-order valence-corrected chi connectivity index (χ4v) is 2.92. The quantitative estimate of drug-likeness (QED) is 0.586. The van der Waals surface area contributed by atoms with Crippen molar-refractivity contribution >= 4 is 17.7 Å². The van der Waals surface area contributed by atoms with Gasteiger partial charge in [-0.1, -0.05) is 11.8 Å². The third-order valence-electron chi connectivity index (χ3n) is 3.46. The molecule has 1 aliphatic rings. The van der Waals surface area contributed by atoms with E-state index in [0.717, 1.165) is 18.2 Å². The first kappa shape index (κ1) is 16.7. The maximum Gasteiger partial charge on any atom is 0.252 e. The number of aromatic nitrogens is 4. The van der Waals surface area contributed by atoms with Crippen LogP contribution in [0.25, 0.3) is 0 Å². The summed E-state index contributed by atoms with van der Waals surface area (Å²) in [7, 11) is 1.88. The molecule has 1 unspecified atom stereocenters. The Morgan fingerprint density at radius 1 is 1.54 bits per heavy atom. The molecule has 8 nitrogen and oxygen atoms in total. The van der Waals surface area contributed by atoms with Crippen molar-refractivity contribution in [1.29, 1.82) is 0 Å². The average Bonchev–Trinajstić information content (AvgIpc) is 3.24. The standard InChI is InChI=1S/C15H19N5O3S/c1-20-10-18-19-15(20)24-7-5-16-14(21)11-2-3-13(17-8-11)23-12-4-6-22-9-12/h2-3,8,10,12H,4-7,9H2,1H3,(H,16,21). The number of hydrogen-bond acceptors (Lipinski definition) is 7. The summed E-state index contributed by atoms with van der Waals surface area (Å²) in [6.07, 6.45) is 4.09. The third kappa shape index (κ3) is 4.45. The summed E-state index contributed by atoms with van der Waals surface area (Å²) in [5.41, 5.74) is 0.508. The zero-order valence-electron chi connectivity index (χ0n) is 13.3. The minimum atomic E-state index is -0.156. The molecule has 3 heterocycles. The Morgan fingerprint density at radius 2 is 2.46 bits per heavy atom. The number of thioether (sulfide) groups is 1. The fraction of sp³-hybridized carbons (Fsp3) is 0.467. The van der Waals surface area contributed by atoms with Gasteiger partial charge < -0.3 is 19.4 Å². The number of aryl methyl sites for hydroxylation is 1. The van der Waals surface area contributed by atoms with Gasteiger partial charge in [0.1, 0.15) is 12.4 Å². The van der Waals surface area contributed by atoms with Crippen molar-refractivity contribution in [1.82, 2.24) is 25.1 Å². The van der Waals surface area contributed by atoms with E-state index in [-0.39, 0.29) is 12.0 Å². The first-order chi connectivity index (χ1) is 11.7. The second-order valence-electron chi connectivity index (χ2n) is 5.32. The molecule has 0 radical (unpaired) electrons. The molecule has 0 saturated carbocycles. The number of amides is 1. The number of nitrogens with zero attached hydrogens (tertiary/aromatic N) is 4. The summed E-state index contributed by atoms with van der Waals surface area (Å²) in [4.78, 5) is 16.3. The van der Waals surface area contributed by atoms with Crippen molar-refractivity contribution in [2.45, 2.75) is 17.7 Å². The zero-order valence-corrected chi connectivity index (χ0v) is 14.2. The largest absolute Gasteiger partial charge is 0.472 e. The highest BCUT2D eigenvalue weighted by molar-refractivity contribution is 7.99. The molecule has 9 heteroatoms. The van der Waals surface area contributed by atoms with Gasteiger partial charge in [0.2, 0.25) is 5.88 Å². The smallest absolute Gasteiger partial charge is 0.252 e. The number of carbonyl (C=O) groups excluding carboxylic acids is 1. The van der Waals surface area contributed by atoms with Crippen LogP contribution in [0.5, 0.6) is 5.88 Å². The van der Waals surface area contributed by atoms with E-state index >= 15 is 0 Å². The van der Waals surface area contributed by atoms with Crippen LogP contribution in [-0.4, -0.2) is 57.3 Å². The van der Waals surface area contributed by atoms with Crippen molar-refractivity contribution in [3.05, 3.63) is 30.2 Å². The molecular formula is C15H19N5O3S. The lowest BCUT2D eigenvalue weighted by Gasteiger charge is -2.11. The van der Waals surface area contributed by atoms with E-state index in [9.17, 15) is 4.79 Å². The van der Waals surface area contributed by atoms with Crippen LogP contribution in [0.3, 0.4) is 0 Å². The number of carbonyl (C=O) groups is 1. The van der Waals surface area contributed by atoms with E-state index in [1.807, 2.05) is 11.6 Å². The molecule has 1 N–H and O–H groups in total. The molecule has 0 aliphatic carbocycles.